The van der Waals surface area contributed by atoms with Crippen LogP contribution >= 0.6 is 23.1 Å². The van der Waals surface area contributed by atoms with Crippen molar-refractivity contribution >= 4 is 29.1 Å². The number of carbonyl (C=O) groups is 1. The van der Waals surface area contributed by atoms with Gasteiger partial charge in [-0.25, -0.2) is 4.98 Å². The Kier molecular flexibility index (Phi) is 7.67. The van der Waals surface area contributed by atoms with E-state index in [2.05, 4.69) is 48.3 Å². The van der Waals surface area contributed by atoms with Gasteiger partial charge in [-0.3, -0.25) is 4.79 Å². The Hall–Kier alpha value is -2.31. The number of thiazole rings is 1. The summed E-state index contributed by atoms with van der Waals surface area (Å²) in [5.74, 6) is 0.612. The van der Waals surface area contributed by atoms with Crippen LogP contribution in [0.5, 0.6) is 5.75 Å². The first-order valence-electron chi connectivity index (χ1n) is 10.7. The van der Waals surface area contributed by atoms with Gasteiger partial charge in [-0.1, -0.05) is 53.7 Å². The number of thioether (sulfide) groups is 1. The maximum atomic E-state index is 12.5. The maximum absolute atomic E-state index is 12.5. The van der Waals surface area contributed by atoms with Crippen molar-refractivity contribution in [2.75, 3.05) is 6.61 Å². The first-order valence-corrected chi connectivity index (χ1v) is 12.4. The van der Waals surface area contributed by atoms with E-state index in [0.717, 1.165) is 15.8 Å². The third kappa shape index (κ3) is 7.10. The number of aryl methyl sites for hydroxylation is 1. The number of rotatable bonds is 8. The first-order chi connectivity index (χ1) is 15.0. The van der Waals surface area contributed by atoms with Gasteiger partial charge in [0.1, 0.15) is 16.1 Å². The van der Waals surface area contributed by atoms with Crippen molar-refractivity contribution in [3.05, 3.63) is 65.2 Å². The van der Waals surface area contributed by atoms with Gasteiger partial charge in [0.15, 0.2) is 4.34 Å². The Balaban J connectivity index is 1.50. The molecule has 6 heteroatoms. The summed E-state index contributed by atoms with van der Waals surface area (Å²) in [6, 6.07) is 16.7. The third-order valence-electron chi connectivity index (χ3n) is 4.63. The molecule has 0 amide bonds. The average Bonchev–Trinajstić information content (AvgIpc) is 3.14. The quantitative estimate of drug-likeness (QED) is 0.264. The monoisotopic (exact) mass is 469 g/mol. The highest BCUT2D eigenvalue weighted by molar-refractivity contribution is 8.03. The molecule has 3 aromatic rings. The van der Waals surface area contributed by atoms with Crippen LogP contribution in [-0.2, 0) is 16.0 Å². The molecule has 170 valence electrons. The van der Waals surface area contributed by atoms with Crippen LogP contribution in [0.15, 0.2) is 58.3 Å². The van der Waals surface area contributed by atoms with Crippen molar-refractivity contribution in [3.8, 4) is 16.9 Å². The van der Waals surface area contributed by atoms with Crippen molar-refractivity contribution in [1.82, 2.24) is 4.98 Å². The summed E-state index contributed by atoms with van der Waals surface area (Å²) in [5, 5.41) is 2.03. The molecule has 0 N–H and O–H groups in total. The summed E-state index contributed by atoms with van der Waals surface area (Å²) in [5.41, 5.74) is 4.09. The lowest BCUT2D eigenvalue weighted by atomic mass is 10.0. The van der Waals surface area contributed by atoms with E-state index < -0.39 is 10.3 Å². The Morgan fingerprint density at radius 3 is 2.16 bits per heavy atom. The SMILES string of the molecule is Cc1ccc(-c2ccc(OCCc3csc(SC(C)(C)C(=O)OC(C)(C)C)n3)cc2)cc1. The number of hydrogen-bond acceptors (Lipinski definition) is 6. The third-order valence-corrected chi connectivity index (χ3v) is 6.79. The molecule has 2 aromatic carbocycles. The minimum atomic E-state index is -0.696. The highest BCUT2D eigenvalue weighted by Crippen LogP contribution is 2.36. The van der Waals surface area contributed by atoms with E-state index in [9.17, 15) is 4.79 Å². The molecule has 0 atom stereocenters. The van der Waals surface area contributed by atoms with Crippen LogP contribution in [0.25, 0.3) is 11.1 Å². The van der Waals surface area contributed by atoms with Gasteiger partial charge in [-0.05, 0) is 64.8 Å². The lowest BCUT2D eigenvalue weighted by molar-refractivity contribution is -0.156. The molecule has 1 heterocycles. The lowest BCUT2D eigenvalue weighted by Gasteiger charge is -2.27. The second-order valence-corrected chi connectivity index (χ2v) is 11.9. The molecule has 1 aromatic heterocycles. The fourth-order valence-corrected chi connectivity index (χ4v) is 5.14. The first kappa shape index (κ1) is 24.3. The van der Waals surface area contributed by atoms with Crippen LogP contribution in [0.3, 0.4) is 0 Å². The molecule has 0 aliphatic heterocycles. The van der Waals surface area contributed by atoms with Gasteiger partial charge in [0.25, 0.3) is 0 Å². The number of ether oxygens (including phenoxy) is 2. The Labute approximate surface area is 199 Å². The fourth-order valence-electron chi connectivity index (χ4n) is 2.87. The van der Waals surface area contributed by atoms with Gasteiger partial charge < -0.3 is 9.47 Å². The molecule has 0 aliphatic carbocycles. The van der Waals surface area contributed by atoms with Gasteiger partial charge in [-0.2, -0.15) is 0 Å². The van der Waals surface area contributed by atoms with Crippen LogP contribution in [0.4, 0.5) is 0 Å². The molecule has 0 radical (unpaired) electrons. The molecule has 32 heavy (non-hydrogen) atoms. The molecule has 3 rings (SSSR count). The van der Waals surface area contributed by atoms with Crippen LogP contribution in [-0.4, -0.2) is 27.9 Å². The summed E-state index contributed by atoms with van der Waals surface area (Å²) in [7, 11) is 0. The maximum Gasteiger partial charge on any atom is 0.322 e. The molecule has 0 saturated carbocycles. The number of carbonyl (C=O) groups excluding carboxylic acids is 1. The molecule has 0 unspecified atom stereocenters. The normalized spacial score (nSPS) is 11.9. The number of aromatic nitrogens is 1. The van der Waals surface area contributed by atoms with Crippen LogP contribution in [0.1, 0.15) is 45.9 Å². The topological polar surface area (TPSA) is 48.4 Å². The predicted octanol–water partition coefficient (Wildman–Crippen LogP) is 6.95. The molecule has 0 aliphatic rings. The number of benzene rings is 2. The average molecular weight is 470 g/mol. The van der Waals surface area contributed by atoms with Crippen molar-refractivity contribution in [1.29, 1.82) is 0 Å². The van der Waals surface area contributed by atoms with Gasteiger partial charge >= 0.3 is 5.97 Å². The van der Waals surface area contributed by atoms with E-state index in [1.807, 2.05) is 52.1 Å². The van der Waals surface area contributed by atoms with E-state index in [1.54, 1.807) is 11.3 Å². The van der Waals surface area contributed by atoms with Gasteiger partial charge in [0.2, 0.25) is 0 Å². The van der Waals surface area contributed by atoms with Crippen molar-refractivity contribution in [2.45, 2.75) is 62.7 Å². The Morgan fingerprint density at radius 2 is 1.56 bits per heavy atom. The smallest absolute Gasteiger partial charge is 0.322 e. The number of nitrogens with zero attached hydrogens (tertiary/aromatic N) is 1. The van der Waals surface area contributed by atoms with E-state index >= 15 is 0 Å². The van der Waals surface area contributed by atoms with E-state index in [0.29, 0.717) is 13.0 Å². The van der Waals surface area contributed by atoms with Crippen LogP contribution < -0.4 is 4.74 Å². The Morgan fingerprint density at radius 1 is 0.969 bits per heavy atom. The second kappa shape index (κ2) is 10.1. The fraction of sp³-hybridized carbons (Fsp3) is 0.385. The Bertz CT molecular complexity index is 1030. The highest BCUT2D eigenvalue weighted by atomic mass is 32.2. The molecule has 0 fully saturated rings. The van der Waals surface area contributed by atoms with E-state index in [-0.39, 0.29) is 5.97 Å². The molecule has 4 nitrogen and oxygen atoms in total. The van der Waals surface area contributed by atoms with Crippen LogP contribution in [0.2, 0.25) is 0 Å². The minimum Gasteiger partial charge on any atom is -0.493 e. The van der Waals surface area contributed by atoms with E-state index in [1.165, 1.54) is 28.5 Å². The zero-order valence-electron chi connectivity index (χ0n) is 19.6. The van der Waals surface area contributed by atoms with Crippen molar-refractivity contribution < 1.29 is 14.3 Å². The molecule has 0 spiro atoms. The molecular formula is C26H31NO3S2. The zero-order valence-corrected chi connectivity index (χ0v) is 21.2. The molecule has 0 bridgehead atoms. The van der Waals surface area contributed by atoms with Gasteiger partial charge in [0, 0.05) is 11.8 Å². The van der Waals surface area contributed by atoms with Crippen molar-refractivity contribution in [3.63, 3.8) is 0 Å². The summed E-state index contributed by atoms with van der Waals surface area (Å²) in [6.45, 7) is 12.0. The summed E-state index contributed by atoms with van der Waals surface area (Å²) >= 11 is 2.98. The predicted molar refractivity (Wildman–Crippen MR) is 134 cm³/mol. The molecule has 0 saturated heterocycles. The number of esters is 1. The molecular weight excluding hydrogens is 438 g/mol. The van der Waals surface area contributed by atoms with Gasteiger partial charge in [0.05, 0.1) is 12.3 Å². The van der Waals surface area contributed by atoms with Crippen molar-refractivity contribution in [2.24, 2.45) is 0 Å². The lowest BCUT2D eigenvalue weighted by Crippen LogP contribution is -2.36. The summed E-state index contributed by atoms with van der Waals surface area (Å²) in [6.07, 6.45) is 0.712. The summed E-state index contributed by atoms with van der Waals surface area (Å²) < 4.78 is 11.6. The van der Waals surface area contributed by atoms with E-state index in [4.69, 9.17) is 9.47 Å². The highest BCUT2D eigenvalue weighted by Gasteiger charge is 2.34. The number of hydrogen-bond donors (Lipinski definition) is 0. The largest absolute Gasteiger partial charge is 0.493 e. The second-order valence-electron chi connectivity index (χ2n) is 9.21. The standard InChI is InChI=1S/C26H31NO3S2/c1-18-7-9-19(10-8-18)20-11-13-22(14-12-20)29-16-15-21-17-31-24(27-21)32-26(5,6)23(28)30-25(2,3)4/h7-14,17H,15-16H2,1-6H3. The minimum absolute atomic E-state index is 0.232. The van der Waals surface area contributed by atoms with Crippen LogP contribution in [0, 0.1) is 6.92 Å². The zero-order chi connectivity index (χ0) is 23.4. The summed E-state index contributed by atoms with van der Waals surface area (Å²) in [4.78, 5) is 17.1. The van der Waals surface area contributed by atoms with Gasteiger partial charge in [-0.15, -0.1) is 11.3 Å².